The van der Waals surface area contributed by atoms with Crippen molar-refractivity contribution in [2.24, 2.45) is 0 Å². The molecule has 0 aliphatic heterocycles. The number of ether oxygens (including phenoxy) is 2. The first-order chi connectivity index (χ1) is 12.2. The molecule has 0 bridgehead atoms. The molecule has 0 aliphatic rings. The number of carbonyl (C=O) groups excluding carboxylic acids is 1. The lowest BCUT2D eigenvalue weighted by Gasteiger charge is -2.11. The minimum absolute atomic E-state index is 0.160. The van der Waals surface area contributed by atoms with Gasteiger partial charge >= 0.3 is 31.8 Å². The first-order valence-corrected chi connectivity index (χ1v) is 10.5. The van der Waals surface area contributed by atoms with Crippen LogP contribution in [0.4, 0.5) is 13.2 Å². The highest BCUT2D eigenvalue weighted by Crippen LogP contribution is 2.22. The fourth-order valence-electron chi connectivity index (χ4n) is 1.28. The van der Waals surface area contributed by atoms with Crippen LogP contribution in [0.1, 0.15) is 0 Å². The zero-order valence-electron chi connectivity index (χ0n) is 13.0. The molecule has 0 heterocycles. The van der Waals surface area contributed by atoms with Crippen molar-refractivity contribution in [3.05, 3.63) is 34.4 Å². The van der Waals surface area contributed by atoms with Crippen LogP contribution in [0.25, 0.3) is 0 Å². The number of alkyl halides is 3. The number of hydrogen-bond acceptors (Lipinski definition) is 8. The van der Waals surface area contributed by atoms with Gasteiger partial charge in [-0.15, -0.1) is 0 Å². The average Bonchev–Trinajstić information content (AvgIpc) is 2.51. The number of benzene rings is 1. The molecule has 0 aliphatic carbocycles. The van der Waals surface area contributed by atoms with Gasteiger partial charge in [0.25, 0.3) is 0 Å². The van der Waals surface area contributed by atoms with Crippen LogP contribution in [0.15, 0.2) is 34.4 Å². The Kier molecular flexibility index (Phi) is 8.02. The quantitative estimate of drug-likeness (QED) is 0.163. The molecular weight excluding hydrogens is 534 g/mol. The summed E-state index contributed by atoms with van der Waals surface area (Å²) in [6.07, 6.45) is 0. The van der Waals surface area contributed by atoms with Crippen molar-refractivity contribution in [2.45, 2.75) is 5.51 Å². The molecule has 0 aromatic heterocycles. The molecule has 1 aromatic carbocycles. The molecular formula is C12H11F3INO8S2. The van der Waals surface area contributed by atoms with Crippen LogP contribution in [0, 0.1) is 0 Å². The van der Waals surface area contributed by atoms with E-state index in [1.807, 2.05) is 0 Å². The predicted molar refractivity (Wildman–Crippen MR) is 93.7 cm³/mol. The summed E-state index contributed by atoms with van der Waals surface area (Å²) < 4.78 is 94.6. The van der Waals surface area contributed by atoms with E-state index in [1.54, 1.807) is 22.6 Å². The monoisotopic (exact) mass is 545 g/mol. The molecule has 9 nitrogen and oxygen atoms in total. The van der Waals surface area contributed by atoms with Crippen molar-refractivity contribution >= 4 is 48.9 Å². The standard InChI is InChI=1S/C12H11F3INO8S2/c1-8(16)11(18)25-10-4-2-9(3-5-10)23-6-7-24-27(21,22)17-26(19,20)12(13,14)15/h2-5,17H,1,6-7H2. The SMILES string of the molecule is C=C(I)C(=O)Oc1ccc(OCCOS(=O)(=O)NS(=O)(=O)C(F)(F)F)cc1. The third-order valence-electron chi connectivity index (χ3n) is 2.36. The number of esters is 1. The first-order valence-electron chi connectivity index (χ1n) is 6.52. The summed E-state index contributed by atoms with van der Waals surface area (Å²) in [5, 5.41) is 0. The normalized spacial score (nSPS) is 12.4. The number of carbonyl (C=O) groups is 1. The Morgan fingerprint density at radius 1 is 1.07 bits per heavy atom. The molecule has 0 fully saturated rings. The summed E-state index contributed by atoms with van der Waals surface area (Å²) in [6.45, 7) is 2.19. The van der Waals surface area contributed by atoms with Crippen LogP contribution in [0.2, 0.25) is 0 Å². The van der Waals surface area contributed by atoms with Gasteiger partial charge in [0.15, 0.2) is 0 Å². The first kappa shape index (κ1) is 23.6. The number of rotatable bonds is 9. The second kappa shape index (κ2) is 9.18. The molecule has 152 valence electrons. The maximum atomic E-state index is 12.1. The fraction of sp³-hybridized carbons (Fsp3) is 0.250. The fourth-order valence-corrected chi connectivity index (χ4v) is 3.32. The Hall–Kier alpha value is -1.43. The van der Waals surface area contributed by atoms with E-state index in [9.17, 15) is 34.8 Å². The van der Waals surface area contributed by atoms with Gasteiger partial charge in [-0.2, -0.15) is 21.6 Å². The molecule has 0 saturated carbocycles. The molecule has 15 heteroatoms. The number of hydrogen-bond donors (Lipinski definition) is 1. The third kappa shape index (κ3) is 7.99. The molecule has 0 saturated heterocycles. The van der Waals surface area contributed by atoms with Crippen LogP contribution < -0.4 is 13.6 Å². The van der Waals surface area contributed by atoms with Gasteiger partial charge in [0.1, 0.15) is 24.7 Å². The Morgan fingerprint density at radius 2 is 1.59 bits per heavy atom. The van der Waals surface area contributed by atoms with E-state index in [-0.39, 0.29) is 15.1 Å². The highest BCUT2D eigenvalue weighted by atomic mass is 127. The van der Waals surface area contributed by atoms with Crippen LogP contribution >= 0.6 is 22.6 Å². The summed E-state index contributed by atoms with van der Waals surface area (Å²) in [5.41, 5.74) is -5.81. The maximum Gasteiger partial charge on any atom is 0.512 e. The predicted octanol–water partition coefficient (Wildman–Crippen LogP) is 1.62. The highest BCUT2D eigenvalue weighted by Gasteiger charge is 2.48. The van der Waals surface area contributed by atoms with Crippen LogP contribution in [0.5, 0.6) is 11.5 Å². The van der Waals surface area contributed by atoms with Gasteiger partial charge in [-0.1, -0.05) is 10.7 Å². The molecule has 0 amide bonds. The smallest absolute Gasteiger partial charge is 0.491 e. The molecule has 1 rings (SSSR count). The van der Waals surface area contributed by atoms with Crippen molar-refractivity contribution in [1.29, 1.82) is 0 Å². The second-order valence-corrected chi connectivity index (χ2v) is 9.01. The molecule has 0 atom stereocenters. The Labute approximate surface area is 165 Å². The van der Waals surface area contributed by atoms with E-state index >= 15 is 0 Å². The van der Waals surface area contributed by atoms with E-state index in [0.717, 1.165) is 0 Å². The lowest BCUT2D eigenvalue weighted by molar-refractivity contribution is -0.129. The third-order valence-corrected chi connectivity index (χ3v) is 5.58. The van der Waals surface area contributed by atoms with Crippen molar-refractivity contribution < 1.29 is 48.5 Å². The Morgan fingerprint density at radius 3 is 2.07 bits per heavy atom. The van der Waals surface area contributed by atoms with Crippen molar-refractivity contribution in [1.82, 2.24) is 4.13 Å². The lowest BCUT2D eigenvalue weighted by atomic mass is 10.3. The van der Waals surface area contributed by atoms with Gasteiger partial charge in [0, 0.05) is 0 Å². The van der Waals surface area contributed by atoms with Crippen molar-refractivity contribution in [3.8, 4) is 11.5 Å². The van der Waals surface area contributed by atoms with Gasteiger partial charge in [0.2, 0.25) is 0 Å². The van der Waals surface area contributed by atoms with Gasteiger partial charge in [0.05, 0.1) is 3.58 Å². The number of halogens is 4. The number of nitrogens with one attached hydrogen (secondary N) is 1. The van der Waals surface area contributed by atoms with E-state index < -0.39 is 45.0 Å². The average molecular weight is 545 g/mol. The van der Waals surface area contributed by atoms with Gasteiger partial charge in [-0.3, -0.25) is 4.18 Å². The zero-order valence-corrected chi connectivity index (χ0v) is 16.8. The minimum Gasteiger partial charge on any atom is -0.491 e. The largest absolute Gasteiger partial charge is 0.512 e. The van der Waals surface area contributed by atoms with Crippen LogP contribution in [-0.2, 0) is 29.3 Å². The van der Waals surface area contributed by atoms with E-state index in [0.29, 0.717) is 4.13 Å². The maximum absolute atomic E-state index is 12.1. The van der Waals surface area contributed by atoms with Gasteiger partial charge in [-0.05, 0) is 46.9 Å². The molecule has 1 aromatic rings. The van der Waals surface area contributed by atoms with Crippen molar-refractivity contribution in [2.75, 3.05) is 13.2 Å². The Bertz CT molecular complexity index is 898. The van der Waals surface area contributed by atoms with E-state index in [2.05, 4.69) is 10.8 Å². The summed E-state index contributed by atoms with van der Waals surface area (Å²) in [5.74, 6) is -0.269. The second-order valence-electron chi connectivity index (χ2n) is 4.42. The highest BCUT2D eigenvalue weighted by molar-refractivity contribution is 14.1. The topological polar surface area (TPSA) is 125 Å². The van der Waals surface area contributed by atoms with Gasteiger partial charge < -0.3 is 9.47 Å². The summed E-state index contributed by atoms with van der Waals surface area (Å²) in [7, 11) is -11.3. The van der Waals surface area contributed by atoms with Gasteiger partial charge in [-0.25, -0.2) is 13.2 Å². The summed E-state index contributed by atoms with van der Waals surface area (Å²) >= 11 is 1.68. The molecule has 0 spiro atoms. The molecule has 0 unspecified atom stereocenters. The molecule has 0 radical (unpaired) electrons. The molecule has 1 N–H and O–H groups in total. The Balaban J connectivity index is 2.50. The van der Waals surface area contributed by atoms with Crippen LogP contribution in [-0.4, -0.2) is 41.5 Å². The number of sulfonamides is 1. The van der Waals surface area contributed by atoms with Crippen molar-refractivity contribution in [3.63, 3.8) is 0 Å². The van der Waals surface area contributed by atoms with Crippen LogP contribution in [0.3, 0.4) is 0 Å². The minimum atomic E-state index is -6.12. The molecule has 27 heavy (non-hydrogen) atoms. The summed E-state index contributed by atoms with van der Waals surface area (Å²) in [6, 6.07) is 5.45. The zero-order chi connectivity index (χ0) is 20.9. The summed E-state index contributed by atoms with van der Waals surface area (Å²) in [4.78, 5) is 11.3. The lowest BCUT2D eigenvalue weighted by Crippen LogP contribution is -2.41. The van der Waals surface area contributed by atoms with E-state index in [4.69, 9.17) is 9.47 Å². The van der Waals surface area contributed by atoms with E-state index in [1.165, 1.54) is 24.3 Å².